The molecule has 1 aromatic carbocycles. The van der Waals surface area contributed by atoms with Crippen molar-refractivity contribution in [2.45, 2.75) is 32.1 Å². The Morgan fingerprint density at radius 3 is 2.67 bits per heavy atom. The molecule has 1 aromatic rings. The van der Waals surface area contributed by atoms with Gasteiger partial charge in [-0.05, 0) is 46.5 Å². The predicted molar refractivity (Wildman–Crippen MR) is 68.8 cm³/mol. The molecule has 0 spiro atoms. The van der Waals surface area contributed by atoms with E-state index in [1.54, 1.807) is 0 Å². The van der Waals surface area contributed by atoms with E-state index in [2.05, 4.69) is 29.8 Å². The molecule has 0 N–H and O–H groups in total. The van der Waals surface area contributed by atoms with Gasteiger partial charge in [-0.1, -0.05) is 19.9 Å². The summed E-state index contributed by atoms with van der Waals surface area (Å²) in [6.45, 7) is 4.91. The van der Waals surface area contributed by atoms with Crippen molar-refractivity contribution < 1.29 is 4.74 Å². The summed E-state index contributed by atoms with van der Waals surface area (Å²) in [5, 5.41) is 0.0847. The normalized spacial score (nSPS) is 12.5. The largest absolute Gasteiger partial charge is 0.492 e. The molecular formula is C12H16BrClO. The van der Waals surface area contributed by atoms with Crippen LogP contribution in [0, 0.1) is 0 Å². The monoisotopic (exact) mass is 290 g/mol. The van der Waals surface area contributed by atoms with Crippen molar-refractivity contribution in [3.05, 3.63) is 28.2 Å². The molecule has 0 heterocycles. The van der Waals surface area contributed by atoms with E-state index in [9.17, 15) is 0 Å². The fraction of sp³-hybridized carbons (Fsp3) is 0.500. The molecule has 0 radical (unpaired) electrons. The highest BCUT2D eigenvalue weighted by Crippen LogP contribution is 2.31. The summed E-state index contributed by atoms with van der Waals surface area (Å²) in [5.74, 6) is 0.889. The highest BCUT2D eigenvalue weighted by Gasteiger charge is 2.08. The Bertz CT molecular complexity index is 314. The van der Waals surface area contributed by atoms with Crippen LogP contribution in [0.15, 0.2) is 22.7 Å². The van der Waals surface area contributed by atoms with E-state index in [4.69, 9.17) is 16.3 Å². The van der Waals surface area contributed by atoms with Crippen LogP contribution in [-0.4, -0.2) is 6.61 Å². The molecule has 0 bridgehead atoms. The summed E-state index contributed by atoms with van der Waals surface area (Å²) in [6, 6.07) is 6.03. The van der Waals surface area contributed by atoms with Crippen molar-refractivity contribution in [2.24, 2.45) is 0 Å². The van der Waals surface area contributed by atoms with Gasteiger partial charge in [0.1, 0.15) is 5.75 Å². The maximum absolute atomic E-state index is 6.16. The predicted octanol–water partition coefficient (Wildman–Crippen LogP) is 4.93. The quantitative estimate of drug-likeness (QED) is 0.699. The molecule has 0 aromatic heterocycles. The zero-order valence-corrected chi connectivity index (χ0v) is 11.4. The van der Waals surface area contributed by atoms with E-state index >= 15 is 0 Å². The second kappa shape index (κ2) is 6.39. The minimum atomic E-state index is 0.0847. The van der Waals surface area contributed by atoms with Gasteiger partial charge in [-0.15, -0.1) is 11.6 Å². The lowest BCUT2D eigenvalue weighted by Gasteiger charge is -2.11. The van der Waals surface area contributed by atoms with Crippen LogP contribution in [0.5, 0.6) is 5.75 Å². The highest BCUT2D eigenvalue weighted by molar-refractivity contribution is 9.10. The molecule has 0 aliphatic rings. The fourth-order valence-electron chi connectivity index (χ4n) is 1.28. The minimum Gasteiger partial charge on any atom is -0.492 e. The maximum atomic E-state index is 6.16. The van der Waals surface area contributed by atoms with Gasteiger partial charge < -0.3 is 4.74 Å². The number of hydrogen-bond donors (Lipinski definition) is 0. The molecule has 15 heavy (non-hydrogen) atoms. The van der Waals surface area contributed by atoms with E-state index in [1.165, 1.54) is 0 Å². The van der Waals surface area contributed by atoms with Gasteiger partial charge in [0.25, 0.3) is 0 Å². The first-order valence-corrected chi connectivity index (χ1v) is 6.48. The first kappa shape index (κ1) is 12.9. The summed E-state index contributed by atoms with van der Waals surface area (Å²) in [7, 11) is 0. The van der Waals surface area contributed by atoms with Gasteiger partial charge in [0.15, 0.2) is 0 Å². The van der Waals surface area contributed by atoms with Crippen molar-refractivity contribution in [1.82, 2.24) is 0 Å². The van der Waals surface area contributed by atoms with E-state index < -0.39 is 0 Å². The smallest absolute Gasteiger partial charge is 0.133 e. The lowest BCUT2D eigenvalue weighted by Crippen LogP contribution is -1.97. The van der Waals surface area contributed by atoms with Crippen molar-refractivity contribution in [2.75, 3.05) is 6.61 Å². The fourth-order valence-corrected chi connectivity index (χ4v) is 1.92. The number of ether oxygens (including phenoxy) is 1. The summed E-state index contributed by atoms with van der Waals surface area (Å²) in [5.41, 5.74) is 1.13. The van der Waals surface area contributed by atoms with Crippen molar-refractivity contribution in [3.63, 3.8) is 0 Å². The van der Waals surface area contributed by atoms with E-state index in [0.717, 1.165) is 35.2 Å². The Labute approximate surface area is 105 Å². The number of hydrogen-bond acceptors (Lipinski definition) is 1. The van der Waals surface area contributed by atoms with Gasteiger partial charge in [0.2, 0.25) is 0 Å². The van der Waals surface area contributed by atoms with E-state index in [0.29, 0.717) is 0 Å². The molecule has 0 saturated heterocycles. The lowest BCUT2D eigenvalue weighted by molar-refractivity contribution is 0.315. The van der Waals surface area contributed by atoms with Gasteiger partial charge in [-0.25, -0.2) is 0 Å². The van der Waals surface area contributed by atoms with Gasteiger partial charge in [0.05, 0.1) is 16.5 Å². The van der Waals surface area contributed by atoms with Crippen LogP contribution in [0.4, 0.5) is 0 Å². The SMILES string of the molecule is CCCOc1ccc(C(Cl)CC)cc1Br. The average molecular weight is 292 g/mol. The Hall–Kier alpha value is -0.210. The average Bonchev–Trinajstić information content (AvgIpc) is 2.26. The Morgan fingerprint density at radius 1 is 1.40 bits per heavy atom. The van der Waals surface area contributed by atoms with Gasteiger partial charge >= 0.3 is 0 Å². The lowest BCUT2D eigenvalue weighted by atomic mass is 10.1. The zero-order chi connectivity index (χ0) is 11.3. The van der Waals surface area contributed by atoms with Crippen molar-refractivity contribution in [1.29, 1.82) is 0 Å². The first-order valence-electron chi connectivity index (χ1n) is 5.25. The molecule has 1 nitrogen and oxygen atoms in total. The van der Waals surface area contributed by atoms with Crippen LogP contribution in [0.1, 0.15) is 37.6 Å². The molecular weight excluding hydrogens is 275 g/mol. The second-order valence-corrected chi connectivity index (χ2v) is 4.80. The summed E-state index contributed by atoms with van der Waals surface area (Å²) < 4.78 is 6.54. The molecule has 0 aliphatic heterocycles. The highest BCUT2D eigenvalue weighted by atomic mass is 79.9. The van der Waals surface area contributed by atoms with Crippen LogP contribution in [0.2, 0.25) is 0 Å². The maximum Gasteiger partial charge on any atom is 0.133 e. The Morgan fingerprint density at radius 2 is 2.13 bits per heavy atom. The summed E-state index contributed by atoms with van der Waals surface area (Å²) >= 11 is 9.65. The molecule has 84 valence electrons. The van der Waals surface area contributed by atoms with E-state index in [1.807, 2.05) is 18.2 Å². The standard InChI is InChI=1S/C12H16BrClO/c1-3-7-15-12-6-5-9(8-10(12)13)11(14)4-2/h5-6,8,11H,3-4,7H2,1-2H3. The van der Waals surface area contributed by atoms with Crippen LogP contribution in [-0.2, 0) is 0 Å². The van der Waals surface area contributed by atoms with Gasteiger partial charge in [0, 0.05) is 0 Å². The Kier molecular flexibility index (Phi) is 5.48. The second-order valence-electron chi connectivity index (χ2n) is 3.41. The molecule has 0 saturated carbocycles. The molecule has 1 atom stereocenters. The number of alkyl halides is 1. The molecule has 0 aliphatic carbocycles. The summed E-state index contributed by atoms with van der Waals surface area (Å²) in [4.78, 5) is 0. The van der Waals surface area contributed by atoms with Crippen LogP contribution < -0.4 is 4.74 Å². The van der Waals surface area contributed by atoms with E-state index in [-0.39, 0.29) is 5.38 Å². The third-order valence-corrected chi connectivity index (χ3v) is 3.32. The Balaban J connectivity index is 2.78. The van der Waals surface area contributed by atoms with Gasteiger partial charge in [-0.3, -0.25) is 0 Å². The van der Waals surface area contributed by atoms with Crippen LogP contribution >= 0.6 is 27.5 Å². The van der Waals surface area contributed by atoms with Gasteiger partial charge in [-0.2, -0.15) is 0 Å². The zero-order valence-electron chi connectivity index (χ0n) is 9.09. The molecule has 0 amide bonds. The van der Waals surface area contributed by atoms with Crippen LogP contribution in [0.25, 0.3) is 0 Å². The minimum absolute atomic E-state index is 0.0847. The summed E-state index contributed by atoms with van der Waals surface area (Å²) in [6.07, 6.45) is 1.95. The molecule has 0 fully saturated rings. The first-order chi connectivity index (χ1) is 7.19. The van der Waals surface area contributed by atoms with Crippen molar-refractivity contribution >= 4 is 27.5 Å². The molecule has 1 unspecified atom stereocenters. The number of halogens is 2. The third kappa shape index (κ3) is 3.69. The molecule has 3 heteroatoms. The number of rotatable bonds is 5. The third-order valence-electron chi connectivity index (χ3n) is 2.14. The molecule has 1 rings (SSSR count). The van der Waals surface area contributed by atoms with Crippen LogP contribution in [0.3, 0.4) is 0 Å². The van der Waals surface area contributed by atoms with Crippen molar-refractivity contribution in [3.8, 4) is 5.75 Å². The number of benzene rings is 1. The topological polar surface area (TPSA) is 9.23 Å².